The molecule has 0 aliphatic heterocycles. The predicted molar refractivity (Wildman–Crippen MR) is 128 cm³/mol. The number of rotatable bonds is 7. The van der Waals surface area contributed by atoms with E-state index in [-0.39, 0.29) is 28.6 Å². The highest BCUT2D eigenvalue weighted by molar-refractivity contribution is 5.62. The molecule has 192 valence electrons. The number of nitrogens with two attached hydrogens (primary N) is 2. The minimum absolute atomic E-state index is 0.0224. The molecule has 0 aliphatic carbocycles. The Morgan fingerprint density at radius 3 is 1.54 bits per heavy atom. The summed E-state index contributed by atoms with van der Waals surface area (Å²) in [5.41, 5.74) is 5.48. The first-order chi connectivity index (χ1) is 17.5. The van der Waals surface area contributed by atoms with Gasteiger partial charge in [0.2, 0.25) is 5.67 Å². The van der Waals surface area contributed by atoms with E-state index in [1.54, 1.807) is 18.2 Å². The van der Waals surface area contributed by atoms with Gasteiger partial charge in [-0.1, -0.05) is 66.7 Å². The highest BCUT2D eigenvalue weighted by atomic mass is 19.4. The van der Waals surface area contributed by atoms with Gasteiger partial charge in [0.1, 0.15) is 0 Å². The van der Waals surface area contributed by atoms with Crippen LogP contribution in [0, 0.1) is 0 Å². The smallest absolute Gasteiger partial charge is 0.451 e. The summed E-state index contributed by atoms with van der Waals surface area (Å²) in [4.78, 5) is 0. The van der Waals surface area contributed by atoms with Crippen molar-refractivity contribution in [1.82, 2.24) is 0 Å². The third-order valence-electron chi connectivity index (χ3n) is 5.58. The quantitative estimate of drug-likeness (QED) is 0.193. The van der Waals surface area contributed by atoms with E-state index < -0.39 is 34.6 Å². The first-order valence-electron chi connectivity index (χ1n) is 10.8. The molecule has 0 bridgehead atoms. The molecule has 0 radical (unpaired) electrons. The third-order valence-corrected chi connectivity index (χ3v) is 5.58. The largest absolute Gasteiger partial charge is 0.457 e. The van der Waals surface area contributed by atoms with E-state index in [0.717, 1.165) is 36.4 Å². The third kappa shape index (κ3) is 4.62. The summed E-state index contributed by atoms with van der Waals surface area (Å²) in [6, 6.07) is 20.3. The Bertz CT molecular complexity index is 1400. The number of anilines is 2. The Labute approximate surface area is 208 Å². The first kappa shape index (κ1) is 25.7. The molecule has 0 fully saturated rings. The second kappa shape index (κ2) is 9.61. The lowest BCUT2D eigenvalue weighted by Gasteiger charge is -2.36. The van der Waals surface area contributed by atoms with Gasteiger partial charge in [-0.05, 0) is 30.3 Å². The number of para-hydroxylation sites is 5. The van der Waals surface area contributed by atoms with Crippen molar-refractivity contribution in [3.05, 3.63) is 108 Å². The van der Waals surface area contributed by atoms with Crippen LogP contribution >= 0.6 is 0 Å². The highest BCUT2D eigenvalue weighted by Gasteiger charge is 2.73. The molecule has 0 amide bonds. The summed E-state index contributed by atoms with van der Waals surface area (Å²) in [7, 11) is 0. The van der Waals surface area contributed by atoms with Crippen LogP contribution in [0.25, 0.3) is 0 Å². The van der Waals surface area contributed by atoms with Crippen LogP contribution in [-0.4, -0.2) is 12.1 Å². The van der Waals surface area contributed by atoms with Crippen LogP contribution in [0.5, 0.6) is 23.0 Å². The number of hydrogen-bond acceptors (Lipinski definition) is 4. The normalized spacial score (nSPS) is 13.6. The Kier molecular flexibility index (Phi) is 6.68. The minimum atomic E-state index is -6.26. The van der Waals surface area contributed by atoms with Gasteiger partial charge in [-0.3, -0.25) is 0 Å². The van der Waals surface area contributed by atoms with E-state index in [2.05, 4.69) is 0 Å². The zero-order valence-corrected chi connectivity index (χ0v) is 19.0. The van der Waals surface area contributed by atoms with Crippen molar-refractivity contribution in [2.24, 2.45) is 0 Å². The SMILES string of the molecule is Nc1ccccc1Oc1cccc(C(F)(c2ccccc2)C(F)(F)C(F)(F)F)c1Oc1ccccc1N. The van der Waals surface area contributed by atoms with Crippen LogP contribution in [-0.2, 0) is 5.67 Å². The fourth-order valence-corrected chi connectivity index (χ4v) is 3.72. The van der Waals surface area contributed by atoms with Crippen molar-refractivity contribution in [1.29, 1.82) is 0 Å². The van der Waals surface area contributed by atoms with Gasteiger partial charge in [0.25, 0.3) is 0 Å². The summed E-state index contributed by atoms with van der Waals surface area (Å²) in [6.07, 6.45) is -6.26. The van der Waals surface area contributed by atoms with Crippen LogP contribution in [0.1, 0.15) is 11.1 Å². The van der Waals surface area contributed by atoms with Crippen molar-refractivity contribution in [3.63, 3.8) is 0 Å². The second-order valence-electron chi connectivity index (χ2n) is 8.01. The van der Waals surface area contributed by atoms with Crippen LogP contribution in [0.15, 0.2) is 97.1 Å². The number of ether oxygens (including phenoxy) is 2. The van der Waals surface area contributed by atoms with Gasteiger partial charge in [0.05, 0.1) is 11.4 Å². The first-order valence-corrected chi connectivity index (χ1v) is 10.8. The van der Waals surface area contributed by atoms with Crippen molar-refractivity contribution < 1.29 is 35.8 Å². The summed E-state index contributed by atoms with van der Waals surface area (Å²) in [5.74, 6) is -7.07. The van der Waals surface area contributed by atoms with E-state index in [0.29, 0.717) is 0 Å². The van der Waals surface area contributed by atoms with Crippen LogP contribution in [0.3, 0.4) is 0 Å². The average Bonchev–Trinajstić information content (AvgIpc) is 2.87. The number of hydrogen-bond donors (Lipinski definition) is 2. The lowest BCUT2D eigenvalue weighted by Crippen LogP contribution is -2.53. The maximum atomic E-state index is 16.7. The molecule has 0 saturated carbocycles. The van der Waals surface area contributed by atoms with Crippen molar-refractivity contribution >= 4 is 11.4 Å². The second-order valence-corrected chi connectivity index (χ2v) is 8.01. The monoisotopic (exact) mass is 518 g/mol. The van der Waals surface area contributed by atoms with Crippen molar-refractivity contribution in [2.75, 3.05) is 11.5 Å². The molecule has 4 aromatic carbocycles. The molecule has 4 aromatic rings. The Balaban J connectivity index is 2.02. The number of halogens is 6. The summed E-state index contributed by atoms with van der Waals surface area (Å²) >= 11 is 0. The Morgan fingerprint density at radius 1 is 0.514 bits per heavy atom. The lowest BCUT2D eigenvalue weighted by molar-refractivity contribution is -0.323. The topological polar surface area (TPSA) is 70.5 Å². The predicted octanol–water partition coefficient (Wildman–Crippen LogP) is 7.85. The van der Waals surface area contributed by atoms with Gasteiger partial charge in [0.15, 0.2) is 23.0 Å². The zero-order chi connectivity index (χ0) is 26.8. The molecule has 0 heterocycles. The Hall–Kier alpha value is -4.34. The maximum Gasteiger partial charge on any atom is 0.457 e. The van der Waals surface area contributed by atoms with Gasteiger partial charge in [0, 0.05) is 11.1 Å². The molecule has 37 heavy (non-hydrogen) atoms. The molecule has 4 N–H and O–H groups in total. The molecular weight excluding hydrogens is 498 g/mol. The minimum Gasteiger partial charge on any atom is -0.451 e. The van der Waals surface area contributed by atoms with E-state index in [1.807, 2.05) is 0 Å². The number of alkyl halides is 6. The average molecular weight is 518 g/mol. The molecule has 0 aliphatic rings. The number of benzene rings is 4. The van der Waals surface area contributed by atoms with Crippen molar-refractivity contribution in [3.8, 4) is 23.0 Å². The fraction of sp³-hybridized carbons (Fsp3) is 0.111. The number of nitrogen functional groups attached to an aromatic ring is 2. The molecular formula is C27H20F6N2O2. The molecule has 0 saturated heterocycles. The molecule has 0 spiro atoms. The molecule has 1 atom stereocenters. The van der Waals surface area contributed by atoms with E-state index in [4.69, 9.17) is 20.9 Å². The van der Waals surface area contributed by atoms with Crippen LogP contribution in [0.4, 0.5) is 37.7 Å². The van der Waals surface area contributed by atoms with Gasteiger partial charge in [-0.2, -0.15) is 22.0 Å². The summed E-state index contributed by atoms with van der Waals surface area (Å²) < 4.78 is 99.6. The van der Waals surface area contributed by atoms with E-state index >= 15 is 13.2 Å². The molecule has 4 rings (SSSR count). The molecule has 10 heteroatoms. The molecule has 0 aromatic heterocycles. The van der Waals surface area contributed by atoms with Crippen molar-refractivity contribution in [2.45, 2.75) is 17.8 Å². The van der Waals surface area contributed by atoms with E-state index in [1.165, 1.54) is 42.5 Å². The van der Waals surface area contributed by atoms with Gasteiger partial charge >= 0.3 is 12.1 Å². The highest BCUT2D eigenvalue weighted by Crippen LogP contribution is 2.58. The maximum absolute atomic E-state index is 16.7. The Morgan fingerprint density at radius 2 is 1.00 bits per heavy atom. The lowest BCUT2D eigenvalue weighted by atomic mass is 9.81. The summed E-state index contributed by atoms with van der Waals surface area (Å²) in [5, 5.41) is 0. The van der Waals surface area contributed by atoms with Gasteiger partial charge in [-0.25, -0.2) is 4.39 Å². The molecule has 1 unspecified atom stereocenters. The van der Waals surface area contributed by atoms with Crippen LogP contribution < -0.4 is 20.9 Å². The zero-order valence-electron chi connectivity index (χ0n) is 19.0. The van der Waals surface area contributed by atoms with Gasteiger partial charge in [-0.15, -0.1) is 0 Å². The fourth-order valence-electron chi connectivity index (χ4n) is 3.72. The molecule has 4 nitrogen and oxygen atoms in total. The summed E-state index contributed by atoms with van der Waals surface area (Å²) in [6.45, 7) is 0. The van der Waals surface area contributed by atoms with E-state index in [9.17, 15) is 13.2 Å². The van der Waals surface area contributed by atoms with Crippen LogP contribution in [0.2, 0.25) is 0 Å². The standard InChI is InChI=1S/C27H20F6N2O2/c28-25(17-9-2-1-3-10-17,26(29,30)27(31,32)33)18-11-8-16-23(36-21-14-6-4-12-19(21)34)24(18)37-22-15-7-5-13-20(22)35/h1-16H,34-35H2. The van der Waals surface area contributed by atoms with Gasteiger partial charge < -0.3 is 20.9 Å².